The van der Waals surface area contributed by atoms with Crippen LogP contribution < -0.4 is 0 Å². The van der Waals surface area contributed by atoms with E-state index >= 15 is 0 Å². The van der Waals surface area contributed by atoms with Crippen molar-refractivity contribution in [3.05, 3.63) is 5.56 Å². The van der Waals surface area contributed by atoms with Gasteiger partial charge in [-0.25, -0.2) is 0 Å². The zero-order chi connectivity index (χ0) is 11.0. The fourth-order valence-electron chi connectivity index (χ4n) is 0.872. The molecule has 7 heteroatoms. The zero-order valence-electron chi connectivity index (χ0n) is 6.52. The first kappa shape index (κ1) is 10.7. The lowest BCUT2D eigenvalue weighted by atomic mass is 10.1. The topological polar surface area (TPSA) is 118 Å². The van der Waals surface area contributed by atoms with Crippen molar-refractivity contribution in [1.82, 2.24) is 0 Å². The maximum atomic E-state index is 10.9. The number of hydrogen-bond acceptors (Lipinski definition) is 6. The molecule has 0 aliphatic carbocycles. The number of carbonyl (C=O) groups excluding carboxylic acids is 1. The van der Waals surface area contributed by atoms with Crippen LogP contribution in [0.15, 0.2) is 0 Å². The molecule has 0 heterocycles. The number of phenolic OH excluding ortho intramolecular Hbond substituents is 5. The van der Waals surface area contributed by atoms with Gasteiger partial charge in [0.25, 0.3) is 0 Å². The Kier molecular flexibility index (Phi) is 2.60. The van der Waals surface area contributed by atoms with Gasteiger partial charge in [0.05, 0.1) is 0 Å². The number of benzene rings is 1. The maximum absolute atomic E-state index is 10.9. The van der Waals surface area contributed by atoms with Gasteiger partial charge in [-0.1, -0.05) is 0 Å². The fraction of sp³-hybridized carbons (Fsp3) is 0. The molecule has 5 N–H and O–H groups in total. The number of hydrogen-bond donors (Lipinski definition) is 5. The first-order valence-corrected chi connectivity index (χ1v) is 4.34. The van der Waals surface area contributed by atoms with Crippen LogP contribution in [0.1, 0.15) is 10.4 Å². The molecule has 0 bridgehead atoms. The van der Waals surface area contributed by atoms with Crippen LogP contribution >= 0.6 is 22.6 Å². The van der Waals surface area contributed by atoms with Crippen LogP contribution in [0.5, 0.6) is 28.7 Å². The molecular formula is C7H5IO6. The molecule has 0 aliphatic rings. The summed E-state index contributed by atoms with van der Waals surface area (Å²) < 4.78 is -0.789. The molecule has 0 aromatic heterocycles. The van der Waals surface area contributed by atoms with Gasteiger partial charge in [-0.15, -0.1) is 0 Å². The summed E-state index contributed by atoms with van der Waals surface area (Å²) >= 11 is 1.24. The minimum absolute atomic E-state index is 0.654. The highest BCUT2D eigenvalue weighted by atomic mass is 127. The molecule has 0 saturated heterocycles. The van der Waals surface area contributed by atoms with Crippen molar-refractivity contribution >= 4 is 26.4 Å². The minimum atomic E-state index is -1.08. The Balaban J connectivity index is 3.68. The van der Waals surface area contributed by atoms with Crippen LogP contribution in [-0.2, 0) is 0 Å². The molecule has 0 aliphatic heterocycles. The lowest BCUT2D eigenvalue weighted by molar-refractivity contribution is 0.110. The highest BCUT2D eigenvalue weighted by molar-refractivity contribution is 14.1. The third kappa shape index (κ3) is 1.39. The van der Waals surface area contributed by atoms with E-state index in [1.54, 1.807) is 0 Å². The van der Waals surface area contributed by atoms with Crippen LogP contribution in [0.3, 0.4) is 0 Å². The molecular weight excluding hydrogens is 307 g/mol. The van der Waals surface area contributed by atoms with Gasteiger partial charge in [-0.05, 0) is 0 Å². The standard InChI is InChI=1S/C7H5IO6/c8-7(14)1-2(9)4(11)6(13)5(12)3(1)10/h9-13H. The van der Waals surface area contributed by atoms with E-state index < -0.39 is 38.1 Å². The second-order valence-electron chi connectivity index (χ2n) is 2.39. The number of aromatic hydroxyl groups is 5. The molecule has 1 aromatic rings. The average Bonchev–Trinajstić information content (AvgIpc) is 2.11. The van der Waals surface area contributed by atoms with E-state index in [-0.39, 0.29) is 0 Å². The van der Waals surface area contributed by atoms with Gasteiger partial charge < -0.3 is 25.5 Å². The van der Waals surface area contributed by atoms with Crippen molar-refractivity contribution in [3.8, 4) is 28.7 Å². The van der Waals surface area contributed by atoms with Crippen molar-refractivity contribution in [2.45, 2.75) is 0 Å². The molecule has 14 heavy (non-hydrogen) atoms. The highest BCUT2D eigenvalue weighted by Crippen LogP contribution is 2.51. The first-order chi connectivity index (χ1) is 6.37. The highest BCUT2D eigenvalue weighted by Gasteiger charge is 2.26. The van der Waals surface area contributed by atoms with Gasteiger partial charge >= 0.3 is 0 Å². The average molecular weight is 312 g/mol. The summed E-state index contributed by atoms with van der Waals surface area (Å²) in [5.74, 6) is -5.14. The first-order valence-electron chi connectivity index (χ1n) is 3.26. The van der Waals surface area contributed by atoms with Crippen molar-refractivity contribution in [2.75, 3.05) is 0 Å². The third-order valence-electron chi connectivity index (χ3n) is 1.57. The van der Waals surface area contributed by atoms with Crippen LogP contribution in [0.25, 0.3) is 0 Å². The second-order valence-corrected chi connectivity index (χ2v) is 3.37. The quantitative estimate of drug-likeness (QED) is 0.226. The lowest BCUT2D eigenvalue weighted by Gasteiger charge is -2.08. The maximum Gasteiger partial charge on any atom is 0.230 e. The van der Waals surface area contributed by atoms with Gasteiger partial charge in [0, 0.05) is 22.6 Å². The summed E-state index contributed by atoms with van der Waals surface area (Å²) in [6.45, 7) is 0. The molecule has 76 valence electrons. The van der Waals surface area contributed by atoms with Crippen LogP contribution in [0.4, 0.5) is 0 Å². The largest absolute Gasteiger partial charge is 0.504 e. The molecule has 0 unspecified atom stereocenters. The van der Waals surface area contributed by atoms with E-state index in [0.29, 0.717) is 0 Å². The molecule has 1 aromatic carbocycles. The van der Waals surface area contributed by atoms with E-state index in [4.69, 9.17) is 25.5 Å². The molecule has 1 rings (SSSR count). The summed E-state index contributed by atoms with van der Waals surface area (Å²) in [4.78, 5) is 10.9. The molecule has 0 atom stereocenters. The summed E-state index contributed by atoms with van der Waals surface area (Å²) in [6.07, 6.45) is 0. The van der Waals surface area contributed by atoms with Crippen molar-refractivity contribution in [2.24, 2.45) is 0 Å². The Bertz CT molecular complexity index is 384. The van der Waals surface area contributed by atoms with Gasteiger partial charge in [-0.3, -0.25) is 4.79 Å². The van der Waals surface area contributed by atoms with Gasteiger partial charge in [0.15, 0.2) is 11.5 Å². The number of carbonyl (C=O) groups is 1. The van der Waals surface area contributed by atoms with Crippen molar-refractivity contribution in [1.29, 1.82) is 0 Å². The van der Waals surface area contributed by atoms with Gasteiger partial charge in [-0.2, -0.15) is 0 Å². The second kappa shape index (κ2) is 3.40. The molecule has 0 spiro atoms. The monoisotopic (exact) mass is 312 g/mol. The number of halogens is 1. The van der Waals surface area contributed by atoms with Crippen molar-refractivity contribution < 1.29 is 30.3 Å². The number of rotatable bonds is 1. The van der Waals surface area contributed by atoms with E-state index in [1.165, 1.54) is 22.6 Å². The Labute approximate surface area is 91.2 Å². The van der Waals surface area contributed by atoms with Crippen molar-refractivity contribution in [3.63, 3.8) is 0 Å². The van der Waals surface area contributed by atoms with E-state index in [1.807, 2.05) is 0 Å². The Morgan fingerprint density at radius 2 is 1.07 bits per heavy atom. The summed E-state index contributed by atoms with van der Waals surface area (Å²) in [7, 11) is 0. The predicted molar refractivity (Wildman–Crippen MR) is 53.1 cm³/mol. The van der Waals surface area contributed by atoms with Crippen LogP contribution in [0.2, 0.25) is 0 Å². The Morgan fingerprint density at radius 3 is 1.36 bits per heavy atom. The summed E-state index contributed by atoms with van der Waals surface area (Å²) in [5, 5.41) is 45.3. The Hall–Kier alpha value is -1.38. The molecule has 0 radical (unpaired) electrons. The normalized spacial score (nSPS) is 10.1. The van der Waals surface area contributed by atoms with Gasteiger partial charge in [0.1, 0.15) is 5.56 Å². The van der Waals surface area contributed by atoms with E-state index in [2.05, 4.69) is 0 Å². The van der Waals surface area contributed by atoms with E-state index in [0.717, 1.165) is 0 Å². The molecule has 6 nitrogen and oxygen atoms in total. The molecule has 0 amide bonds. The van der Waals surface area contributed by atoms with Crippen LogP contribution in [-0.4, -0.2) is 29.3 Å². The fourth-order valence-corrected chi connectivity index (χ4v) is 1.38. The Morgan fingerprint density at radius 1 is 0.786 bits per heavy atom. The predicted octanol–water partition coefficient (Wildman–Crippen LogP) is 0.790. The smallest absolute Gasteiger partial charge is 0.230 e. The summed E-state index contributed by atoms with van der Waals surface area (Å²) in [6, 6.07) is 0. The zero-order valence-corrected chi connectivity index (χ0v) is 8.68. The summed E-state index contributed by atoms with van der Waals surface area (Å²) in [5.41, 5.74) is -0.654. The van der Waals surface area contributed by atoms with Gasteiger partial charge in [0.2, 0.25) is 21.0 Å². The molecule has 0 fully saturated rings. The third-order valence-corrected chi connectivity index (χ3v) is 2.11. The SMILES string of the molecule is O=C(I)c1c(O)c(O)c(O)c(O)c1O. The van der Waals surface area contributed by atoms with E-state index in [9.17, 15) is 4.79 Å². The van der Waals surface area contributed by atoms with Crippen LogP contribution in [0, 0.1) is 0 Å². The lowest BCUT2D eigenvalue weighted by Crippen LogP contribution is -1.91. The minimum Gasteiger partial charge on any atom is -0.504 e. The molecule has 0 saturated carbocycles. The number of phenols is 5.